The molecular weight excluding hydrogens is 315 g/mol. The molecule has 0 aromatic heterocycles. The fourth-order valence-electron chi connectivity index (χ4n) is 4.44. The fraction of sp³-hybridized carbons (Fsp3) is 0.611. The number of rotatable bonds is 3. The summed E-state index contributed by atoms with van der Waals surface area (Å²) in [4.78, 5) is 14.7. The average Bonchev–Trinajstić information content (AvgIpc) is 3.24. The smallest absolute Gasteiger partial charge is 0.226 e. The minimum absolute atomic E-state index is 0.0583. The van der Waals surface area contributed by atoms with Crippen molar-refractivity contribution >= 4 is 17.5 Å². The van der Waals surface area contributed by atoms with Gasteiger partial charge in [0, 0.05) is 47.6 Å². The molecule has 0 spiro atoms. The lowest BCUT2D eigenvalue weighted by molar-refractivity contribution is -0.134. The number of amides is 1. The predicted octanol–water partition coefficient (Wildman–Crippen LogP) is 3.32. The van der Waals surface area contributed by atoms with E-state index in [0.29, 0.717) is 35.1 Å². The van der Waals surface area contributed by atoms with Crippen molar-refractivity contribution in [3.8, 4) is 0 Å². The Hall–Kier alpha value is -1.13. The summed E-state index contributed by atoms with van der Waals surface area (Å²) in [5, 5.41) is 4.04. The minimum atomic E-state index is -0.291. The van der Waals surface area contributed by atoms with Gasteiger partial charge in [0.1, 0.15) is 5.82 Å². The maximum atomic E-state index is 14.0. The average molecular weight is 337 g/mol. The highest BCUT2D eigenvalue weighted by atomic mass is 35.5. The van der Waals surface area contributed by atoms with E-state index >= 15 is 0 Å². The van der Waals surface area contributed by atoms with Crippen molar-refractivity contribution in [2.24, 2.45) is 5.92 Å². The Balaban J connectivity index is 1.44. The summed E-state index contributed by atoms with van der Waals surface area (Å²) in [5.74, 6) is -0.306. The summed E-state index contributed by atoms with van der Waals surface area (Å²) in [7, 11) is 1.91. The van der Waals surface area contributed by atoms with E-state index < -0.39 is 0 Å². The second-order valence-electron chi connectivity index (χ2n) is 7.30. The third-order valence-corrected chi connectivity index (χ3v) is 6.15. The second-order valence-corrected chi connectivity index (χ2v) is 7.70. The number of hydrogen-bond donors (Lipinski definition) is 1. The third kappa shape index (κ3) is 2.76. The van der Waals surface area contributed by atoms with Crippen LogP contribution < -0.4 is 5.32 Å². The summed E-state index contributed by atoms with van der Waals surface area (Å²) < 4.78 is 14.0. The monoisotopic (exact) mass is 336 g/mol. The molecule has 4 unspecified atom stereocenters. The van der Waals surface area contributed by atoms with Gasteiger partial charge in [0.15, 0.2) is 0 Å². The molecule has 3 nitrogen and oxygen atoms in total. The number of fused-ring (bicyclic) bond motifs is 2. The van der Waals surface area contributed by atoms with E-state index in [1.165, 1.54) is 18.9 Å². The van der Waals surface area contributed by atoms with Crippen molar-refractivity contribution in [3.05, 3.63) is 34.6 Å². The van der Waals surface area contributed by atoms with Crippen LogP contribution in [0.2, 0.25) is 5.02 Å². The number of benzene rings is 1. The largest absolute Gasteiger partial charge is 0.342 e. The minimum Gasteiger partial charge on any atom is -0.342 e. The Morgan fingerprint density at radius 3 is 2.61 bits per heavy atom. The Morgan fingerprint density at radius 1 is 1.26 bits per heavy atom. The van der Waals surface area contributed by atoms with Gasteiger partial charge in [0.2, 0.25) is 5.91 Å². The number of carbonyl (C=O) groups excluding carboxylic acids is 1. The molecule has 124 valence electrons. The summed E-state index contributed by atoms with van der Waals surface area (Å²) in [5.41, 5.74) is 0.520. The van der Waals surface area contributed by atoms with Crippen LogP contribution in [-0.4, -0.2) is 36.0 Å². The zero-order valence-corrected chi connectivity index (χ0v) is 14.0. The maximum Gasteiger partial charge on any atom is 0.226 e. The van der Waals surface area contributed by atoms with Crippen LogP contribution in [0.15, 0.2) is 18.2 Å². The van der Waals surface area contributed by atoms with Crippen molar-refractivity contribution < 1.29 is 9.18 Å². The van der Waals surface area contributed by atoms with E-state index in [1.54, 1.807) is 12.1 Å². The third-order valence-electron chi connectivity index (χ3n) is 5.82. The van der Waals surface area contributed by atoms with Gasteiger partial charge in [-0.25, -0.2) is 4.39 Å². The van der Waals surface area contributed by atoms with Crippen LogP contribution in [0.3, 0.4) is 0 Å². The normalized spacial score (nSPS) is 35.2. The fourth-order valence-corrected chi connectivity index (χ4v) is 4.74. The van der Waals surface area contributed by atoms with Gasteiger partial charge < -0.3 is 10.2 Å². The van der Waals surface area contributed by atoms with Gasteiger partial charge in [-0.05, 0) is 44.2 Å². The Kier molecular flexibility index (Phi) is 3.85. The quantitative estimate of drug-likeness (QED) is 0.918. The van der Waals surface area contributed by atoms with Crippen LogP contribution in [0.25, 0.3) is 0 Å². The van der Waals surface area contributed by atoms with E-state index in [2.05, 4.69) is 5.32 Å². The van der Waals surface area contributed by atoms with Crippen molar-refractivity contribution in [1.82, 2.24) is 10.2 Å². The van der Waals surface area contributed by atoms with E-state index in [4.69, 9.17) is 11.6 Å². The maximum absolute atomic E-state index is 14.0. The van der Waals surface area contributed by atoms with Crippen molar-refractivity contribution in [3.63, 3.8) is 0 Å². The van der Waals surface area contributed by atoms with Crippen LogP contribution in [0, 0.1) is 11.7 Å². The number of piperidine rings is 1. The van der Waals surface area contributed by atoms with Crippen LogP contribution in [-0.2, 0) is 4.79 Å². The Bertz CT molecular complexity index is 605. The lowest BCUT2D eigenvalue weighted by atomic mass is 9.98. The van der Waals surface area contributed by atoms with E-state index in [1.807, 2.05) is 11.9 Å². The van der Waals surface area contributed by atoms with Gasteiger partial charge >= 0.3 is 0 Å². The van der Waals surface area contributed by atoms with Gasteiger partial charge in [-0.1, -0.05) is 17.7 Å². The zero-order valence-electron chi connectivity index (χ0n) is 13.3. The molecular formula is C18H22ClFN2O. The molecule has 5 heteroatoms. The molecule has 1 saturated carbocycles. The molecule has 2 aliphatic heterocycles. The van der Waals surface area contributed by atoms with Crippen molar-refractivity contribution in [2.45, 2.75) is 56.1 Å². The van der Waals surface area contributed by atoms with Gasteiger partial charge in [-0.15, -0.1) is 0 Å². The molecule has 4 atom stereocenters. The zero-order chi connectivity index (χ0) is 16.1. The first-order chi connectivity index (χ1) is 11.0. The summed E-state index contributed by atoms with van der Waals surface area (Å²) in [6.45, 7) is 0. The number of halogens is 2. The predicted molar refractivity (Wildman–Crippen MR) is 88.0 cm³/mol. The highest BCUT2D eigenvalue weighted by Crippen LogP contribution is 2.51. The van der Waals surface area contributed by atoms with E-state index in [9.17, 15) is 9.18 Å². The van der Waals surface area contributed by atoms with Gasteiger partial charge in [-0.3, -0.25) is 4.79 Å². The molecule has 3 fully saturated rings. The lowest BCUT2D eigenvalue weighted by Crippen LogP contribution is -2.49. The number of carbonyl (C=O) groups is 1. The van der Waals surface area contributed by atoms with Crippen LogP contribution in [0.1, 0.15) is 43.6 Å². The molecule has 0 radical (unpaired) electrons. The van der Waals surface area contributed by atoms with Gasteiger partial charge in [-0.2, -0.15) is 0 Å². The molecule has 1 aromatic carbocycles. The molecule has 3 aliphatic rings. The standard InChI is InChI=1S/C18H22ClFN2O/c1-22(12-7-10-5-6-11(8-12)21-10)18(23)14-9-13(14)17-15(19)3-2-4-16(17)20/h2-4,10-14,21H,5-9H2,1H3. The molecule has 1 aliphatic carbocycles. The Labute approximate surface area is 141 Å². The molecule has 1 amide bonds. The molecule has 2 heterocycles. The highest BCUT2D eigenvalue weighted by Gasteiger charge is 2.49. The molecule has 1 N–H and O–H groups in total. The number of nitrogens with zero attached hydrogens (tertiary/aromatic N) is 1. The van der Waals surface area contributed by atoms with Crippen molar-refractivity contribution in [2.75, 3.05) is 7.05 Å². The van der Waals surface area contributed by atoms with E-state index in [-0.39, 0.29) is 23.6 Å². The van der Waals surface area contributed by atoms with Gasteiger partial charge in [0.25, 0.3) is 0 Å². The van der Waals surface area contributed by atoms with Crippen molar-refractivity contribution in [1.29, 1.82) is 0 Å². The topological polar surface area (TPSA) is 32.3 Å². The first-order valence-corrected chi connectivity index (χ1v) is 8.89. The number of hydrogen-bond acceptors (Lipinski definition) is 2. The molecule has 2 bridgehead atoms. The SMILES string of the molecule is CN(C(=O)C1CC1c1c(F)cccc1Cl)C1CC2CCC(C1)N2. The lowest BCUT2D eigenvalue weighted by Gasteiger charge is -2.35. The summed E-state index contributed by atoms with van der Waals surface area (Å²) in [6.07, 6.45) is 5.23. The summed E-state index contributed by atoms with van der Waals surface area (Å²) >= 11 is 6.14. The molecule has 4 rings (SSSR count). The summed E-state index contributed by atoms with van der Waals surface area (Å²) in [6, 6.07) is 6.18. The molecule has 2 saturated heterocycles. The molecule has 1 aromatic rings. The van der Waals surface area contributed by atoms with E-state index in [0.717, 1.165) is 12.8 Å². The first-order valence-electron chi connectivity index (χ1n) is 8.51. The highest BCUT2D eigenvalue weighted by molar-refractivity contribution is 6.31. The van der Waals surface area contributed by atoms with Gasteiger partial charge in [0.05, 0.1) is 0 Å². The first kappa shape index (κ1) is 15.4. The van der Waals surface area contributed by atoms with Crippen LogP contribution in [0.4, 0.5) is 4.39 Å². The second kappa shape index (κ2) is 5.75. The number of nitrogens with one attached hydrogen (secondary N) is 1. The molecule has 23 heavy (non-hydrogen) atoms. The van der Waals surface area contributed by atoms with Crippen LogP contribution in [0.5, 0.6) is 0 Å². The van der Waals surface area contributed by atoms with Crippen LogP contribution >= 0.6 is 11.6 Å². The Morgan fingerprint density at radius 2 is 1.96 bits per heavy atom.